The lowest BCUT2D eigenvalue weighted by molar-refractivity contribution is -0.183. The highest BCUT2D eigenvalue weighted by atomic mass is 28.4. The highest BCUT2D eigenvalue weighted by Gasteiger charge is 2.37. The van der Waals surface area contributed by atoms with Crippen LogP contribution in [0.1, 0.15) is 32.1 Å². The largest absolute Gasteiger partial charge is 0.412 e. The van der Waals surface area contributed by atoms with E-state index < -0.39 is 22.4 Å². The molecule has 1 aliphatic carbocycles. The van der Waals surface area contributed by atoms with E-state index in [1.54, 1.807) is 0 Å². The number of hydrogen-bond acceptors (Lipinski definition) is 5. The molecule has 1 saturated heterocycles. The second-order valence-corrected chi connectivity index (χ2v) is 18.6. The molecule has 0 aromatic carbocycles. The standard InChI is InChI=1S/C21H38O5Si2/c1-27(2,3)25-17-21(23-13-14-24-21)12-10-8-7-9-11-18-15-19(16-20(18)22)26-28(4,5)6/h7,9,15,19H,8,10-14,16-17H2,1-6H3/t19-/m0/s1. The minimum absolute atomic E-state index is 0.0227. The van der Waals surface area contributed by atoms with Crippen molar-refractivity contribution in [2.75, 3.05) is 19.8 Å². The normalized spacial score (nSPS) is 23.0. The van der Waals surface area contributed by atoms with Gasteiger partial charge in [-0.15, -0.1) is 0 Å². The lowest BCUT2D eigenvalue weighted by Crippen LogP contribution is -2.40. The van der Waals surface area contributed by atoms with Crippen molar-refractivity contribution in [3.63, 3.8) is 0 Å². The van der Waals surface area contributed by atoms with Gasteiger partial charge < -0.3 is 18.3 Å². The lowest BCUT2D eigenvalue weighted by Gasteiger charge is -2.30. The van der Waals surface area contributed by atoms with Crippen LogP contribution in [0.25, 0.3) is 0 Å². The van der Waals surface area contributed by atoms with Crippen LogP contribution in [-0.2, 0) is 23.1 Å². The molecule has 2 rings (SSSR count). The van der Waals surface area contributed by atoms with Crippen LogP contribution in [0, 0.1) is 0 Å². The molecule has 0 aromatic heterocycles. The summed E-state index contributed by atoms with van der Waals surface area (Å²) < 4.78 is 23.8. The minimum Gasteiger partial charge on any atom is -0.412 e. The van der Waals surface area contributed by atoms with Crippen molar-refractivity contribution in [2.45, 2.75) is 83.3 Å². The smallest absolute Gasteiger partial charge is 0.190 e. The van der Waals surface area contributed by atoms with Gasteiger partial charge in [-0.1, -0.05) is 12.2 Å². The Kier molecular flexibility index (Phi) is 8.43. The van der Waals surface area contributed by atoms with Crippen molar-refractivity contribution in [3.05, 3.63) is 23.8 Å². The Morgan fingerprint density at radius 1 is 1.11 bits per heavy atom. The summed E-state index contributed by atoms with van der Waals surface area (Å²) >= 11 is 0. The van der Waals surface area contributed by atoms with Crippen LogP contribution in [0.5, 0.6) is 0 Å². The Morgan fingerprint density at radius 2 is 1.79 bits per heavy atom. The number of rotatable bonds is 11. The Labute approximate surface area is 172 Å². The molecule has 1 fully saturated rings. The summed E-state index contributed by atoms with van der Waals surface area (Å²) in [5.41, 5.74) is 0.891. The Bertz CT molecular complexity index is 581. The van der Waals surface area contributed by atoms with Crippen molar-refractivity contribution in [1.29, 1.82) is 0 Å². The zero-order valence-electron chi connectivity index (χ0n) is 18.5. The molecule has 0 bridgehead atoms. The van der Waals surface area contributed by atoms with Crippen molar-refractivity contribution in [3.8, 4) is 0 Å². The summed E-state index contributed by atoms with van der Waals surface area (Å²) in [5.74, 6) is -0.345. The molecule has 0 aromatic rings. The fraction of sp³-hybridized carbons (Fsp3) is 0.762. The zero-order chi connectivity index (χ0) is 20.8. The van der Waals surface area contributed by atoms with Crippen LogP contribution in [-0.4, -0.2) is 54.1 Å². The first-order chi connectivity index (χ1) is 13.0. The molecule has 2 aliphatic rings. The molecule has 7 heteroatoms. The predicted octanol–water partition coefficient (Wildman–Crippen LogP) is 4.82. The molecule has 1 aliphatic heterocycles. The lowest BCUT2D eigenvalue weighted by atomic mass is 10.1. The number of hydrogen-bond donors (Lipinski definition) is 0. The zero-order valence-corrected chi connectivity index (χ0v) is 20.5. The maximum atomic E-state index is 12.1. The number of carbonyl (C=O) groups excluding carboxylic acids is 1. The highest BCUT2D eigenvalue weighted by molar-refractivity contribution is 6.70. The van der Waals surface area contributed by atoms with Crippen molar-refractivity contribution >= 4 is 22.4 Å². The van der Waals surface area contributed by atoms with Gasteiger partial charge >= 0.3 is 0 Å². The van der Waals surface area contributed by atoms with Crippen LogP contribution < -0.4 is 0 Å². The van der Waals surface area contributed by atoms with Crippen molar-refractivity contribution in [1.82, 2.24) is 0 Å². The fourth-order valence-corrected chi connectivity index (χ4v) is 5.06. The monoisotopic (exact) mass is 426 g/mol. The molecule has 5 nitrogen and oxygen atoms in total. The third-order valence-corrected chi connectivity index (χ3v) is 6.63. The predicted molar refractivity (Wildman–Crippen MR) is 117 cm³/mol. The molecule has 0 spiro atoms. The molecule has 1 heterocycles. The van der Waals surface area contributed by atoms with Gasteiger partial charge in [-0.25, -0.2) is 0 Å². The number of allylic oxidation sites excluding steroid dienone is 3. The third-order valence-electron chi connectivity index (χ3n) is 4.61. The highest BCUT2D eigenvalue weighted by Crippen LogP contribution is 2.28. The maximum absolute atomic E-state index is 12.1. The number of Topliss-reactive ketones (excluding diaryl/α,β-unsaturated/α-hetero) is 1. The van der Waals surface area contributed by atoms with Crippen LogP contribution in [0.15, 0.2) is 23.8 Å². The molecule has 28 heavy (non-hydrogen) atoms. The molecule has 0 saturated carbocycles. The second-order valence-electron chi connectivity index (χ2n) is 9.66. The molecule has 0 unspecified atom stereocenters. The van der Waals surface area contributed by atoms with Crippen molar-refractivity contribution in [2.24, 2.45) is 0 Å². The van der Waals surface area contributed by atoms with E-state index in [0.29, 0.717) is 32.7 Å². The number of ether oxygens (including phenoxy) is 2. The number of carbonyl (C=O) groups is 1. The summed E-state index contributed by atoms with van der Waals surface area (Å²) in [6, 6.07) is 0. The Balaban J connectivity index is 1.73. The van der Waals surface area contributed by atoms with E-state index in [-0.39, 0.29) is 11.9 Å². The van der Waals surface area contributed by atoms with E-state index in [4.69, 9.17) is 18.3 Å². The first-order valence-corrected chi connectivity index (χ1v) is 17.3. The summed E-state index contributed by atoms with van der Waals surface area (Å²) in [7, 11) is -3.21. The van der Waals surface area contributed by atoms with Gasteiger partial charge in [-0.2, -0.15) is 0 Å². The fourth-order valence-electron chi connectivity index (χ4n) is 3.34. The summed E-state index contributed by atoms with van der Waals surface area (Å²) in [6.07, 6.45) is 10.2. The molecule has 0 radical (unpaired) electrons. The second kappa shape index (κ2) is 9.95. The van der Waals surface area contributed by atoms with Gasteiger partial charge in [0.1, 0.15) is 0 Å². The summed E-state index contributed by atoms with van der Waals surface area (Å²) in [5, 5.41) is 0. The number of unbranched alkanes of at least 4 members (excludes halogenated alkanes) is 1. The third kappa shape index (κ3) is 8.43. The summed E-state index contributed by atoms with van der Waals surface area (Å²) in [6.45, 7) is 14.8. The molecular formula is C21H38O5Si2. The van der Waals surface area contributed by atoms with Gasteiger partial charge in [0.2, 0.25) is 0 Å². The van der Waals surface area contributed by atoms with Crippen LogP contribution in [0.3, 0.4) is 0 Å². The van der Waals surface area contributed by atoms with Gasteiger partial charge in [0, 0.05) is 12.8 Å². The van der Waals surface area contributed by atoms with Crippen LogP contribution in [0.4, 0.5) is 0 Å². The maximum Gasteiger partial charge on any atom is 0.190 e. The average Bonchev–Trinajstić information content (AvgIpc) is 3.14. The van der Waals surface area contributed by atoms with E-state index in [9.17, 15) is 4.79 Å². The molecule has 0 N–H and O–H groups in total. The molecule has 1 atom stereocenters. The van der Waals surface area contributed by atoms with Gasteiger partial charge in [-0.3, -0.25) is 4.79 Å². The molecule has 0 amide bonds. The summed E-state index contributed by atoms with van der Waals surface area (Å²) in [4.78, 5) is 12.1. The van der Waals surface area contributed by atoms with Crippen LogP contribution in [0.2, 0.25) is 39.3 Å². The van der Waals surface area contributed by atoms with Gasteiger partial charge in [-0.05, 0) is 70.2 Å². The SMILES string of the molecule is C[Si](C)(C)OCC1(CCCC=CCC2=C[C@H](O[Si](C)(C)C)CC2=O)OCCO1. The average molecular weight is 427 g/mol. The van der Waals surface area contributed by atoms with Gasteiger partial charge in [0.05, 0.1) is 25.9 Å². The van der Waals surface area contributed by atoms with E-state index in [1.807, 2.05) is 6.08 Å². The van der Waals surface area contributed by atoms with Crippen molar-refractivity contribution < 1.29 is 23.1 Å². The van der Waals surface area contributed by atoms with Crippen LogP contribution >= 0.6 is 0 Å². The first-order valence-electron chi connectivity index (χ1n) is 10.5. The molecular weight excluding hydrogens is 388 g/mol. The topological polar surface area (TPSA) is 54.0 Å². The Hall–Kier alpha value is -0.576. The first kappa shape index (κ1) is 23.7. The van der Waals surface area contributed by atoms with E-state index in [1.165, 1.54) is 0 Å². The Morgan fingerprint density at radius 3 is 2.39 bits per heavy atom. The number of ketones is 1. The van der Waals surface area contributed by atoms with Gasteiger partial charge in [0.25, 0.3) is 0 Å². The minimum atomic E-state index is -1.62. The van der Waals surface area contributed by atoms with E-state index in [2.05, 4.69) is 51.4 Å². The van der Waals surface area contributed by atoms with E-state index in [0.717, 1.165) is 24.8 Å². The van der Waals surface area contributed by atoms with Gasteiger partial charge in [0.15, 0.2) is 28.2 Å². The van der Waals surface area contributed by atoms with E-state index >= 15 is 0 Å². The molecule has 160 valence electrons. The quantitative estimate of drug-likeness (QED) is 0.269.